The predicted octanol–water partition coefficient (Wildman–Crippen LogP) is 3.91. The molecule has 2 heterocycles. The van der Waals surface area contributed by atoms with Gasteiger partial charge in [-0.2, -0.15) is 0 Å². The number of carboxylic acid groups (broad SMARTS) is 1. The second-order valence-electron chi connectivity index (χ2n) is 7.05. The van der Waals surface area contributed by atoms with Gasteiger partial charge in [0, 0.05) is 22.1 Å². The van der Waals surface area contributed by atoms with Crippen molar-refractivity contribution in [3.05, 3.63) is 87.7 Å². The highest BCUT2D eigenvalue weighted by Crippen LogP contribution is 2.28. The Bertz CT molecular complexity index is 1320. The molecule has 1 aromatic heterocycles. The minimum absolute atomic E-state index is 0.101. The fourth-order valence-electron chi connectivity index (χ4n) is 3.43. The van der Waals surface area contributed by atoms with Gasteiger partial charge in [0.2, 0.25) is 0 Å². The largest absolute Gasteiger partial charge is 0.478 e. The lowest BCUT2D eigenvalue weighted by atomic mass is 10.1. The highest BCUT2D eigenvalue weighted by Gasteiger charge is 2.37. The van der Waals surface area contributed by atoms with Crippen molar-refractivity contribution in [1.29, 1.82) is 0 Å². The fraction of sp³-hybridized carbons (Fsp3) is 0.0435. The number of amides is 4. The van der Waals surface area contributed by atoms with Gasteiger partial charge in [0.1, 0.15) is 5.57 Å². The number of nitrogens with zero attached hydrogens (tertiary/aromatic N) is 2. The van der Waals surface area contributed by atoms with Crippen LogP contribution in [0.1, 0.15) is 21.6 Å². The summed E-state index contributed by atoms with van der Waals surface area (Å²) in [7, 11) is 0. The summed E-state index contributed by atoms with van der Waals surface area (Å²) >= 11 is 3.35. The number of nitrogens with one attached hydrogen (secondary N) is 1. The van der Waals surface area contributed by atoms with Crippen molar-refractivity contribution in [3.63, 3.8) is 0 Å². The Kier molecular flexibility index (Phi) is 5.50. The molecule has 1 aliphatic heterocycles. The van der Waals surface area contributed by atoms with Gasteiger partial charge in [-0.05, 0) is 67.1 Å². The zero-order chi connectivity index (χ0) is 23.0. The second-order valence-corrected chi connectivity index (χ2v) is 7.96. The number of aromatic nitrogens is 1. The van der Waals surface area contributed by atoms with Crippen molar-refractivity contribution < 1.29 is 24.3 Å². The Balaban J connectivity index is 1.76. The molecule has 1 aliphatic rings. The molecule has 160 valence electrons. The first kappa shape index (κ1) is 21.3. The van der Waals surface area contributed by atoms with Crippen LogP contribution in [-0.4, -0.2) is 33.5 Å². The lowest BCUT2D eigenvalue weighted by Crippen LogP contribution is -2.54. The number of barbiturate groups is 1. The van der Waals surface area contributed by atoms with Crippen LogP contribution in [0.25, 0.3) is 11.8 Å². The summed E-state index contributed by atoms with van der Waals surface area (Å²) < 4.78 is 2.43. The third kappa shape index (κ3) is 3.85. The van der Waals surface area contributed by atoms with E-state index in [-0.39, 0.29) is 11.1 Å². The van der Waals surface area contributed by atoms with Crippen molar-refractivity contribution in [2.75, 3.05) is 4.90 Å². The number of carbonyl (C=O) groups is 4. The summed E-state index contributed by atoms with van der Waals surface area (Å²) in [6.45, 7) is 1.75. The number of hydrogen-bond acceptors (Lipinski definition) is 4. The second kappa shape index (κ2) is 8.27. The lowest BCUT2D eigenvalue weighted by molar-refractivity contribution is -0.122. The number of hydrogen-bond donors (Lipinski definition) is 2. The van der Waals surface area contributed by atoms with Gasteiger partial charge in [0.05, 0.1) is 11.3 Å². The molecule has 4 rings (SSSR count). The van der Waals surface area contributed by atoms with Crippen molar-refractivity contribution in [2.24, 2.45) is 0 Å². The Morgan fingerprint density at radius 3 is 2.56 bits per heavy atom. The number of carbonyl (C=O) groups excluding carboxylic acids is 3. The van der Waals surface area contributed by atoms with Gasteiger partial charge < -0.3 is 9.67 Å². The van der Waals surface area contributed by atoms with Crippen LogP contribution in [0.4, 0.5) is 10.5 Å². The first-order chi connectivity index (χ1) is 15.3. The number of anilines is 1. The molecule has 1 saturated heterocycles. The predicted molar refractivity (Wildman–Crippen MR) is 121 cm³/mol. The van der Waals surface area contributed by atoms with Gasteiger partial charge >= 0.3 is 12.0 Å². The Labute approximate surface area is 190 Å². The number of rotatable bonds is 4. The van der Waals surface area contributed by atoms with E-state index in [9.17, 15) is 24.3 Å². The summed E-state index contributed by atoms with van der Waals surface area (Å²) in [5.41, 5.74) is 1.92. The van der Waals surface area contributed by atoms with Crippen LogP contribution >= 0.6 is 15.9 Å². The van der Waals surface area contributed by atoms with Crippen LogP contribution in [0.5, 0.6) is 0 Å². The highest BCUT2D eigenvalue weighted by molar-refractivity contribution is 9.10. The fourth-order valence-corrected chi connectivity index (χ4v) is 3.91. The maximum absolute atomic E-state index is 13.2. The molecule has 3 aromatic rings. The molecule has 2 aromatic carbocycles. The molecule has 9 heteroatoms. The summed E-state index contributed by atoms with van der Waals surface area (Å²) in [5.74, 6) is -2.63. The molecule has 0 aliphatic carbocycles. The Morgan fingerprint density at radius 2 is 1.84 bits per heavy atom. The van der Waals surface area contributed by atoms with E-state index in [4.69, 9.17) is 0 Å². The molecule has 32 heavy (non-hydrogen) atoms. The maximum Gasteiger partial charge on any atom is 0.335 e. The average molecular weight is 494 g/mol. The summed E-state index contributed by atoms with van der Waals surface area (Å²) in [5, 5.41) is 11.5. The first-order valence-electron chi connectivity index (χ1n) is 9.45. The molecule has 0 radical (unpaired) electrons. The van der Waals surface area contributed by atoms with Crippen molar-refractivity contribution >= 4 is 51.5 Å². The molecule has 0 saturated carbocycles. The molecule has 0 atom stereocenters. The van der Waals surface area contributed by atoms with E-state index < -0.39 is 23.8 Å². The third-order valence-corrected chi connectivity index (χ3v) is 5.44. The maximum atomic E-state index is 13.2. The van der Waals surface area contributed by atoms with E-state index in [0.29, 0.717) is 22.6 Å². The molecule has 2 N–H and O–H groups in total. The molecule has 0 bridgehead atoms. The van der Waals surface area contributed by atoms with Crippen molar-refractivity contribution in [3.8, 4) is 5.69 Å². The van der Waals surface area contributed by atoms with E-state index >= 15 is 0 Å². The Morgan fingerprint density at radius 1 is 1.06 bits per heavy atom. The minimum Gasteiger partial charge on any atom is -0.478 e. The zero-order valence-corrected chi connectivity index (χ0v) is 18.3. The van der Waals surface area contributed by atoms with E-state index in [0.717, 1.165) is 9.37 Å². The van der Waals surface area contributed by atoms with Crippen LogP contribution in [0.3, 0.4) is 0 Å². The lowest BCUT2D eigenvalue weighted by Gasteiger charge is -2.27. The van der Waals surface area contributed by atoms with E-state index in [1.807, 2.05) is 0 Å². The van der Waals surface area contributed by atoms with E-state index in [1.54, 1.807) is 60.2 Å². The summed E-state index contributed by atoms with van der Waals surface area (Å²) in [6, 6.07) is 13.9. The van der Waals surface area contributed by atoms with Crippen LogP contribution in [0.15, 0.2) is 70.8 Å². The molecular weight excluding hydrogens is 478 g/mol. The number of carboxylic acids is 1. The van der Waals surface area contributed by atoms with E-state index in [1.165, 1.54) is 18.2 Å². The van der Waals surface area contributed by atoms with Gasteiger partial charge in [-0.15, -0.1) is 0 Å². The Hall–Kier alpha value is -3.98. The molecule has 0 spiro atoms. The number of imide groups is 2. The zero-order valence-electron chi connectivity index (χ0n) is 16.7. The van der Waals surface area contributed by atoms with Crippen LogP contribution in [-0.2, 0) is 9.59 Å². The van der Waals surface area contributed by atoms with Crippen molar-refractivity contribution in [2.45, 2.75) is 6.92 Å². The van der Waals surface area contributed by atoms with Gasteiger partial charge in [-0.3, -0.25) is 14.9 Å². The quantitative estimate of drug-likeness (QED) is 0.423. The van der Waals surface area contributed by atoms with Gasteiger partial charge in [0.25, 0.3) is 11.8 Å². The third-order valence-electron chi connectivity index (χ3n) is 4.95. The van der Waals surface area contributed by atoms with Gasteiger partial charge in [0.15, 0.2) is 0 Å². The number of urea groups is 1. The summed E-state index contributed by atoms with van der Waals surface area (Å²) in [4.78, 5) is 50.4. The minimum atomic E-state index is -1.07. The number of aryl methyl sites for hydroxylation is 1. The van der Waals surface area contributed by atoms with Crippen LogP contribution in [0.2, 0.25) is 0 Å². The van der Waals surface area contributed by atoms with Gasteiger partial charge in [-0.1, -0.05) is 22.0 Å². The van der Waals surface area contributed by atoms with Crippen molar-refractivity contribution in [1.82, 2.24) is 9.88 Å². The SMILES string of the molecule is Cc1cc(Br)ccc1N1C(=O)NC(=O)/C(=C\c2cccn2-c2cccc(C(=O)O)c2)C1=O. The highest BCUT2D eigenvalue weighted by atomic mass is 79.9. The number of halogens is 1. The standard InChI is InChI=1S/C23H16BrN3O5/c1-13-10-15(24)7-8-19(13)27-21(29)18(20(28)25-23(27)32)12-17-6-3-9-26(17)16-5-2-4-14(11-16)22(30)31/h2-12H,1H3,(H,30,31)(H,25,28,32)/b18-12+. The molecule has 0 unspecified atom stereocenters. The van der Waals surface area contributed by atoms with E-state index in [2.05, 4.69) is 21.2 Å². The molecule has 4 amide bonds. The smallest absolute Gasteiger partial charge is 0.335 e. The molecule has 1 fully saturated rings. The monoisotopic (exact) mass is 493 g/mol. The number of benzene rings is 2. The topological polar surface area (TPSA) is 109 Å². The summed E-state index contributed by atoms with van der Waals surface area (Å²) in [6.07, 6.45) is 3.05. The van der Waals surface area contributed by atoms with Crippen LogP contribution < -0.4 is 10.2 Å². The van der Waals surface area contributed by atoms with Gasteiger partial charge in [-0.25, -0.2) is 14.5 Å². The average Bonchev–Trinajstić information content (AvgIpc) is 3.21. The molecular formula is C23H16BrN3O5. The van der Waals surface area contributed by atoms with Crippen LogP contribution in [0, 0.1) is 6.92 Å². The number of aromatic carboxylic acids is 1. The first-order valence-corrected chi connectivity index (χ1v) is 10.2. The normalized spacial score (nSPS) is 15.2. The molecule has 8 nitrogen and oxygen atoms in total.